The van der Waals surface area contributed by atoms with Crippen LogP contribution in [0.3, 0.4) is 0 Å². The second-order valence-corrected chi connectivity index (χ2v) is 2.39. The zero-order valence-corrected chi connectivity index (χ0v) is 5.74. The molecule has 0 saturated heterocycles. The van der Waals surface area contributed by atoms with E-state index in [1.807, 2.05) is 6.92 Å². The van der Waals surface area contributed by atoms with Crippen LogP contribution in [0, 0.1) is 0 Å². The molecule has 0 aliphatic heterocycles. The van der Waals surface area contributed by atoms with E-state index in [0.29, 0.717) is 0 Å². The van der Waals surface area contributed by atoms with Gasteiger partial charge < -0.3 is 10.8 Å². The summed E-state index contributed by atoms with van der Waals surface area (Å²) in [6.07, 6.45) is 1.79. The summed E-state index contributed by atoms with van der Waals surface area (Å²) in [6.45, 7) is 1.84. The van der Waals surface area contributed by atoms with Crippen molar-refractivity contribution in [1.82, 2.24) is 0 Å². The Morgan fingerprint density at radius 1 is 1.62 bits per heavy atom. The molecule has 1 saturated carbocycles. The van der Waals surface area contributed by atoms with Gasteiger partial charge in [0.1, 0.15) is 0 Å². The molecular weight excluding hydrogens is 126 g/mol. The molecule has 1 rings (SSSR count). The van der Waals surface area contributed by atoms with Crippen molar-refractivity contribution in [2.24, 2.45) is 5.73 Å². The first kappa shape index (κ1) is 8.21. The lowest BCUT2D eigenvalue weighted by atomic mass is 10.2. The van der Waals surface area contributed by atoms with Crippen LogP contribution in [0.5, 0.6) is 0 Å². The monoisotopic (exact) mass is 137 g/mol. The first-order valence-electron chi connectivity index (χ1n) is 2.63. The van der Waals surface area contributed by atoms with Gasteiger partial charge in [0.05, 0.1) is 5.60 Å². The van der Waals surface area contributed by atoms with Gasteiger partial charge in [-0.05, 0) is 19.8 Å². The standard InChI is InChI=1S/C5H11NO.ClH/c1-4(6)5(7)2-3-5;/h4,7H,2-3,6H2,1H3;1H/t4-;/m0./s1. The molecule has 8 heavy (non-hydrogen) atoms. The number of rotatable bonds is 1. The van der Waals surface area contributed by atoms with Crippen LogP contribution in [0.25, 0.3) is 0 Å². The molecule has 0 aromatic carbocycles. The minimum Gasteiger partial charge on any atom is -0.388 e. The first-order chi connectivity index (χ1) is 3.15. The smallest absolute Gasteiger partial charge is 0.0797 e. The molecule has 0 amide bonds. The number of hydrogen-bond acceptors (Lipinski definition) is 2. The SMILES string of the molecule is C[C@H](N)C1(O)CC1.Cl. The Balaban J connectivity index is 0.000000490. The molecule has 3 heteroatoms. The van der Waals surface area contributed by atoms with Crippen molar-refractivity contribution in [3.63, 3.8) is 0 Å². The van der Waals surface area contributed by atoms with Gasteiger partial charge in [-0.2, -0.15) is 0 Å². The first-order valence-corrected chi connectivity index (χ1v) is 2.63. The third-order valence-electron chi connectivity index (χ3n) is 1.61. The summed E-state index contributed by atoms with van der Waals surface area (Å²) in [4.78, 5) is 0. The zero-order valence-electron chi connectivity index (χ0n) is 4.92. The van der Waals surface area contributed by atoms with E-state index in [1.54, 1.807) is 0 Å². The predicted molar refractivity (Wildman–Crippen MR) is 35.1 cm³/mol. The quantitative estimate of drug-likeness (QED) is 0.546. The summed E-state index contributed by atoms with van der Waals surface area (Å²) in [6, 6.07) is -0.0347. The fourth-order valence-corrected chi connectivity index (χ4v) is 0.583. The van der Waals surface area contributed by atoms with Crippen molar-refractivity contribution in [3.05, 3.63) is 0 Å². The summed E-state index contributed by atoms with van der Waals surface area (Å²) in [5.74, 6) is 0. The van der Waals surface area contributed by atoms with E-state index in [9.17, 15) is 0 Å². The van der Waals surface area contributed by atoms with E-state index in [1.165, 1.54) is 0 Å². The summed E-state index contributed by atoms with van der Waals surface area (Å²) < 4.78 is 0. The predicted octanol–water partition coefficient (Wildman–Crippen LogP) is 0.280. The largest absolute Gasteiger partial charge is 0.388 e. The van der Waals surface area contributed by atoms with Crippen LogP contribution in [0.1, 0.15) is 19.8 Å². The van der Waals surface area contributed by atoms with Crippen LogP contribution in [0.4, 0.5) is 0 Å². The zero-order chi connectivity index (χ0) is 5.49. The van der Waals surface area contributed by atoms with Crippen LogP contribution in [-0.4, -0.2) is 16.7 Å². The molecule has 1 aliphatic rings. The maximum atomic E-state index is 9.08. The fraction of sp³-hybridized carbons (Fsp3) is 1.00. The number of halogens is 1. The maximum Gasteiger partial charge on any atom is 0.0797 e. The van der Waals surface area contributed by atoms with Crippen molar-refractivity contribution in [1.29, 1.82) is 0 Å². The Bertz CT molecular complexity index is 80.5. The highest BCUT2D eigenvalue weighted by molar-refractivity contribution is 5.85. The van der Waals surface area contributed by atoms with Crippen molar-refractivity contribution in [2.75, 3.05) is 0 Å². The molecule has 0 aromatic rings. The molecule has 0 aromatic heterocycles. The number of hydrogen-bond donors (Lipinski definition) is 2. The average Bonchev–Trinajstić information content (AvgIpc) is 2.21. The Labute approximate surface area is 55.5 Å². The van der Waals surface area contributed by atoms with Gasteiger partial charge in [0, 0.05) is 6.04 Å². The molecule has 3 N–H and O–H groups in total. The lowest BCUT2D eigenvalue weighted by molar-refractivity contribution is 0.126. The molecule has 0 unspecified atom stereocenters. The highest BCUT2D eigenvalue weighted by Gasteiger charge is 2.43. The van der Waals surface area contributed by atoms with Gasteiger partial charge in [-0.3, -0.25) is 0 Å². The van der Waals surface area contributed by atoms with Crippen LogP contribution in [0.15, 0.2) is 0 Å². The van der Waals surface area contributed by atoms with Gasteiger partial charge in [0.15, 0.2) is 0 Å². The van der Waals surface area contributed by atoms with E-state index < -0.39 is 5.60 Å². The van der Waals surface area contributed by atoms with Crippen molar-refractivity contribution < 1.29 is 5.11 Å². The van der Waals surface area contributed by atoms with Crippen molar-refractivity contribution in [2.45, 2.75) is 31.4 Å². The maximum absolute atomic E-state index is 9.08. The van der Waals surface area contributed by atoms with E-state index in [-0.39, 0.29) is 18.4 Å². The molecule has 2 nitrogen and oxygen atoms in total. The molecule has 50 valence electrons. The third-order valence-corrected chi connectivity index (χ3v) is 1.61. The summed E-state index contributed by atoms with van der Waals surface area (Å²) in [7, 11) is 0. The number of nitrogens with two attached hydrogens (primary N) is 1. The van der Waals surface area contributed by atoms with Crippen molar-refractivity contribution in [3.8, 4) is 0 Å². The molecule has 0 spiro atoms. The van der Waals surface area contributed by atoms with Gasteiger partial charge in [-0.15, -0.1) is 12.4 Å². The molecule has 0 radical (unpaired) electrons. The van der Waals surface area contributed by atoms with E-state index in [4.69, 9.17) is 10.8 Å². The lowest BCUT2D eigenvalue weighted by Crippen LogP contribution is -2.32. The Kier molecular flexibility index (Phi) is 2.27. The third kappa shape index (κ3) is 1.34. The Morgan fingerprint density at radius 3 is 2.00 bits per heavy atom. The summed E-state index contributed by atoms with van der Waals surface area (Å²) in [5.41, 5.74) is 4.91. The van der Waals surface area contributed by atoms with E-state index in [2.05, 4.69) is 0 Å². The van der Waals surface area contributed by atoms with Gasteiger partial charge in [0.2, 0.25) is 0 Å². The number of aliphatic hydroxyl groups is 1. The van der Waals surface area contributed by atoms with Crippen molar-refractivity contribution >= 4 is 12.4 Å². The topological polar surface area (TPSA) is 46.2 Å². The van der Waals surface area contributed by atoms with Crippen LogP contribution in [0.2, 0.25) is 0 Å². The Morgan fingerprint density at radius 2 is 2.00 bits per heavy atom. The van der Waals surface area contributed by atoms with Crippen LogP contribution in [-0.2, 0) is 0 Å². The fourth-order valence-electron chi connectivity index (χ4n) is 0.583. The second kappa shape index (κ2) is 2.21. The molecule has 1 aliphatic carbocycles. The molecule has 1 fully saturated rings. The van der Waals surface area contributed by atoms with Crippen LogP contribution >= 0.6 is 12.4 Å². The molecule has 1 atom stereocenters. The normalized spacial score (nSPS) is 25.9. The van der Waals surface area contributed by atoms with E-state index in [0.717, 1.165) is 12.8 Å². The molecule has 0 bridgehead atoms. The highest BCUT2D eigenvalue weighted by atomic mass is 35.5. The van der Waals surface area contributed by atoms with Gasteiger partial charge in [-0.1, -0.05) is 0 Å². The second-order valence-electron chi connectivity index (χ2n) is 2.39. The van der Waals surface area contributed by atoms with E-state index >= 15 is 0 Å². The highest BCUT2D eigenvalue weighted by Crippen LogP contribution is 2.36. The average molecular weight is 138 g/mol. The Hall–Kier alpha value is 0.210. The summed E-state index contributed by atoms with van der Waals surface area (Å²) in [5, 5.41) is 9.08. The summed E-state index contributed by atoms with van der Waals surface area (Å²) >= 11 is 0. The minimum atomic E-state index is -0.472. The van der Waals surface area contributed by atoms with Gasteiger partial charge in [0.25, 0.3) is 0 Å². The van der Waals surface area contributed by atoms with Crippen LogP contribution < -0.4 is 5.73 Å². The minimum absolute atomic E-state index is 0. The van der Waals surface area contributed by atoms with Gasteiger partial charge >= 0.3 is 0 Å². The molecule has 0 heterocycles. The lowest BCUT2D eigenvalue weighted by Gasteiger charge is -2.09. The van der Waals surface area contributed by atoms with Gasteiger partial charge in [-0.25, -0.2) is 0 Å². The molecular formula is C5H12ClNO.